The fourth-order valence-electron chi connectivity index (χ4n) is 1.87. The monoisotopic (exact) mass is 276 g/mol. The molecular formula is C15H17ClN2O. The largest absolute Gasteiger partial charge is 0.497 e. The minimum Gasteiger partial charge on any atom is -0.497 e. The van der Waals surface area contributed by atoms with Gasteiger partial charge in [0.25, 0.3) is 0 Å². The quantitative estimate of drug-likeness (QED) is 0.827. The topological polar surface area (TPSA) is 47.3 Å². The molecule has 4 heteroatoms. The van der Waals surface area contributed by atoms with Gasteiger partial charge in [0.2, 0.25) is 0 Å². The van der Waals surface area contributed by atoms with Crippen molar-refractivity contribution in [3.8, 4) is 5.75 Å². The molecule has 0 aliphatic carbocycles. The summed E-state index contributed by atoms with van der Waals surface area (Å²) < 4.78 is 5.14. The number of ether oxygens (including phenoxy) is 1. The van der Waals surface area contributed by atoms with E-state index in [-0.39, 0.29) is 6.04 Å². The molecule has 2 aromatic rings. The second-order valence-corrected chi connectivity index (χ2v) is 4.75. The summed E-state index contributed by atoms with van der Waals surface area (Å²) in [5, 5.41) is 3.92. The van der Waals surface area contributed by atoms with Crippen molar-refractivity contribution < 1.29 is 4.74 Å². The summed E-state index contributed by atoms with van der Waals surface area (Å²) in [6.07, 6.45) is 0. The van der Waals surface area contributed by atoms with E-state index in [1.165, 1.54) is 0 Å². The number of hydrogen-bond donors (Lipinski definition) is 2. The Bertz CT molecular complexity index is 555. The van der Waals surface area contributed by atoms with Crippen LogP contribution in [0.25, 0.3) is 0 Å². The minimum absolute atomic E-state index is 0.131. The molecule has 100 valence electrons. The van der Waals surface area contributed by atoms with Crippen LogP contribution in [0.4, 0.5) is 11.4 Å². The van der Waals surface area contributed by atoms with Gasteiger partial charge in [0.15, 0.2) is 0 Å². The Morgan fingerprint density at radius 3 is 2.47 bits per heavy atom. The van der Waals surface area contributed by atoms with Gasteiger partial charge < -0.3 is 15.8 Å². The maximum Gasteiger partial charge on any atom is 0.118 e. The Kier molecular flexibility index (Phi) is 4.17. The van der Waals surface area contributed by atoms with Crippen LogP contribution >= 0.6 is 11.6 Å². The third kappa shape index (κ3) is 3.12. The van der Waals surface area contributed by atoms with Crippen molar-refractivity contribution in [1.29, 1.82) is 0 Å². The zero-order valence-electron chi connectivity index (χ0n) is 11.0. The van der Waals surface area contributed by atoms with Crippen molar-refractivity contribution in [1.82, 2.24) is 0 Å². The first-order chi connectivity index (χ1) is 9.11. The minimum atomic E-state index is 0.131. The molecule has 0 aliphatic rings. The molecular weight excluding hydrogens is 260 g/mol. The molecule has 0 aromatic heterocycles. The van der Waals surface area contributed by atoms with Crippen LogP contribution in [-0.4, -0.2) is 7.11 Å². The van der Waals surface area contributed by atoms with Gasteiger partial charge in [0.1, 0.15) is 5.75 Å². The lowest BCUT2D eigenvalue weighted by Crippen LogP contribution is -2.08. The summed E-state index contributed by atoms with van der Waals surface area (Å²) >= 11 is 6.00. The number of para-hydroxylation sites is 1. The Morgan fingerprint density at radius 1 is 1.16 bits per heavy atom. The highest BCUT2D eigenvalue weighted by Gasteiger charge is 2.08. The van der Waals surface area contributed by atoms with Gasteiger partial charge in [0, 0.05) is 6.04 Å². The van der Waals surface area contributed by atoms with E-state index in [1.807, 2.05) is 36.4 Å². The van der Waals surface area contributed by atoms with E-state index in [9.17, 15) is 0 Å². The van der Waals surface area contributed by atoms with Crippen LogP contribution in [0.15, 0.2) is 42.5 Å². The van der Waals surface area contributed by atoms with Gasteiger partial charge in [-0.15, -0.1) is 0 Å². The molecule has 0 heterocycles. The first-order valence-corrected chi connectivity index (χ1v) is 6.44. The molecule has 3 N–H and O–H groups in total. The van der Waals surface area contributed by atoms with E-state index in [2.05, 4.69) is 12.2 Å². The molecule has 3 nitrogen and oxygen atoms in total. The van der Waals surface area contributed by atoms with Gasteiger partial charge in [-0.25, -0.2) is 0 Å². The number of halogens is 1. The Balaban J connectivity index is 2.15. The van der Waals surface area contributed by atoms with Crippen molar-refractivity contribution in [3.63, 3.8) is 0 Å². The molecule has 1 unspecified atom stereocenters. The Morgan fingerprint density at radius 2 is 1.84 bits per heavy atom. The van der Waals surface area contributed by atoms with Crippen LogP contribution < -0.4 is 15.8 Å². The van der Waals surface area contributed by atoms with Gasteiger partial charge in [-0.3, -0.25) is 0 Å². The summed E-state index contributed by atoms with van der Waals surface area (Å²) in [4.78, 5) is 0. The second-order valence-electron chi connectivity index (χ2n) is 4.34. The van der Waals surface area contributed by atoms with E-state index in [4.69, 9.17) is 22.1 Å². The van der Waals surface area contributed by atoms with Gasteiger partial charge >= 0.3 is 0 Å². The fraction of sp³-hybridized carbons (Fsp3) is 0.200. The molecule has 2 aromatic carbocycles. The van der Waals surface area contributed by atoms with Crippen molar-refractivity contribution in [3.05, 3.63) is 53.1 Å². The summed E-state index contributed by atoms with van der Waals surface area (Å²) in [6, 6.07) is 13.6. The zero-order chi connectivity index (χ0) is 13.8. The summed E-state index contributed by atoms with van der Waals surface area (Å²) in [5.41, 5.74) is 8.51. The normalized spacial score (nSPS) is 11.9. The number of methoxy groups -OCH3 is 1. The van der Waals surface area contributed by atoms with E-state index in [1.54, 1.807) is 13.2 Å². The van der Waals surface area contributed by atoms with Crippen LogP contribution in [-0.2, 0) is 0 Å². The van der Waals surface area contributed by atoms with Crippen LogP contribution in [0.2, 0.25) is 5.02 Å². The third-order valence-corrected chi connectivity index (χ3v) is 3.37. The summed E-state index contributed by atoms with van der Waals surface area (Å²) in [5.74, 6) is 0.846. The molecule has 0 aliphatic heterocycles. The number of nitrogen functional groups attached to an aromatic ring is 1. The number of nitrogens with two attached hydrogens (primary N) is 1. The van der Waals surface area contributed by atoms with Crippen LogP contribution in [0.1, 0.15) is 18.5 Å². The number of rotatable bonds is 4. The van der Waals surface area contributed by atoms with Crippen LogP contribution in [0.5, 0.6) is 5.75 Å². The smallest absolute Gasteiger partial charge is 0.118 e. The zero-order valence-corrected chi connectivity index (χ0v) is 11.7. The molecule has 0 saturated carbocycles. The van der Waals surface area contributed by atoms with Crippen molar-refractivity contribution in [2.45, 2.75) is 13.0 Å². The number of nitrogens with one attached hydrogen (secondary N) is 1. The number of hydrogen-bond acceptors (Lipinski definition) is 3. The lowest BCUT2D eigenvalue weighted by atomic mass is 10.1. The van der Waals surface area contributed by atoms with Gasteiger partial charge in [-0.05, 0) is 36.8 Å². The van der Waals surface area contributed by atoms with E-state index >= 15 is 0 Å². The van der Waals surface area contributed by atoms with Crippen molar-refractivity contribution in [2.24, 2.45) is 0 Å². The summed E-state index contributed by atoms with van der Waals surface area (Å²) in [6.45, 7) is 2.07. The predicted octanol–water partition coefficient (Wildman–Crippen LogP) is 4.10. The molecule has 2 rings (SSSR count). The molecule has 0 fully saturated rings. The number of benzene rings is 2. The average molecular weight is 277 g/mol. The van der Waals surface area contributed by atoms with E-state index in [0.29, 0.717) is 10.7 Å². The molecule has 0 radical (unpaired) electrons. The highest BCUT2D eigenvalue weighted by atomic mass is 35.5. The maximum atomic E-state index is 6.00. The second kappa shape index (κ2) is 5.85. The number of anilines is 2. The van der Waals surface area contributed by atoms with Crippen LogP contribution in [0, 0.1) is 0 Å². The van der Waals surface area contributed by atoms with Gasteiger partial charge in [-0.2, -0.15) is 0 Å². The highest BCUT2D eigenvalue weighted by Crippen LogP contribution is 2.30. The van der Waals surface area contributed by atoms with E-state index in [0.717, 1.165) is 17.0 Å². The highest BCUT2D eigenvalue weighted by molar-refractivity contribution is 6.33. The Hall–Kier alpha value is -1.87. The lowest BCUT2D eigenvalue weighted by Gasteiger charge is -2.18. The molecule has 0 bridgehead atoms. The maximum absolute atomic E-state index is 6.00. The lowest BCUT2D eigenvalue weighted by molar-refractivity contribution is 0.414. The van der Waals surface area contributed by atoms with Crippen LogP contribution in [0.3, 0.4) is 0 Å². The molecule has 1 atom stereocenters. The average Bonchev–Trinajstić information content (AvgIpc) is 2.44. The van der Waals surface area contributed by atoms with Crippen molar-refractivity contribution in [2.75, 3.05) is 18.2 Å². The van der Waals surface area contributed by atoms with Gasteiger partial charge in [0.05, 0.1) is 23.5 Å². The predicted molar refractivity (Wildman–Crippen MR) is 80.9 cm³/mol. The third-order valence-electron chi connectivity index (χ3n) is 3.04. The molecule has 0 saturated heterocycles. The molecule has 0 spiro atoms. The van der Waals surface area contributed by atoms with E-state index < -0.39 is 0 Å². The standard InChI is InChI=1S/C15H17ClN2O/c1-10(11-6-8-12(19-2)9-7-11)18-14-5-3-4-13(16)15(14)17/h3-10,18H,17H2,1-2H3. The molecule has 19 heavy (non-hydrogen) atoms. The first-order valence-electron chi connectivity index (χ1n) is 6.06. The fourth-order valence-corrected chi connectivity index (χ4v) is 2.05. The Labute approximate surface area is 118 Å². The van der Waals surface area contributed by atoms with Crippen molar-refractivity contribution >= 4 is 23.0 Å². The molecule has 0 amide bonds. The SMILES string of the molecule is COc1ccc(C(C)Nc2cccc(Cl)c2N)cc1. The summed E-state index contributed by atoms with van der Waals surface area (Å²) in [7, 11) is 1.66. The first kappa shape index (κ1) is 13.6. The van der Waals surface area contributed by atoms with Gasteiger partial charge in [-0.1, -0.05) is 29.8 Å².